The lowest BCUT2D eigenvalue weighted by Gasteiger charge is -2.11. The third kappa shape index (κ3) is 4.37. The topological polar surface area (TPSA) is 77.2 Å². The summed E-state index contributed by atoms with van der Waals surface area (Å²) in [7, 11) is 1.52. The van der Waals surface area contributed by atoms with Gasteiger partial charge in [-0.2, -0.15) is 0 Å². The van der Waals surface area contributed by atoms with Crippen molar-refractivity contribution in [1.82, 2.24) is 10.3 Å². The lowest BCUT2D eigenvalue weighted by molar-refractivity contribution is -0.123. The van der Waals surface area contributed by atoms with Crippen LogP contribution >= 0.6 is 0 Å². The Kier molecular flexibility index (Phi) is 5.43. The van der Waals surface area contributed by atoms with E-state index in [4.69, 9.17) is 10.5 Å². The normalized spacial score (nSPS) is 11.9. The van der Waals surface area contributed by atoms with Gasteiger partial charge >= 0.3 is 0 Å². The Morgan fingerprint density at radius 2 is 1.81 bits per heavy atom. The third-order valence-electron chi connectivity index (χ3n) is 3.12. The van der Waals surface area contributed by atoms with Crippen LogP contribution in [0.1, 0.15) is 5.56 Å². The van der Waals surface area contributed by atoms with E-state index in [1.54, 1.807) is 12.4 Å². The quantitative estimate of drug-likeness (QED) is 0.839. The SMILES string of the molecule is COCC(N)C(=O)NCc1ccc(-c2ccncc2)cc1. The summed E-state index contributed by atoms with van der Waals surface area (Å²) < 4.78 is 4.85. The molecular weight excluding hydrogens is 266 g/mol. The zero-order valence-electron chi connectivity index (χ0n) is 12.0. The maximum atomic E-state index is 11.7. The number of aromatic nitrogens is 1. The van der Waals surface area contributed by atoms with Gasteiger partial charge in [-0.25, -0.2) is 0 Å². The summed E-state index contributed by atoms with van der Waals surface area (Å²) in [6, 6.07) is 11.3. The number of carbonyl (C=O) groups is 1. The van der Waals surface area contributed by atoms with Crippen molar-refractivity contribution in [3.63, 3.8) is 0 Å². The molecule has 0 aliphatic heterocycles. The second-order valence-electron chi connectivity index (χ2n) is 4.71. The van der Waals surface area contributed by atoms with Crippen LogP contribution in [0.15, 0.2) is 48.8 Å². The summed E-state index contributed by atoms with van der Waals surface area (Å²) >= 11 is 0. The van der Waals surface area contributed by atoms with Crippen LogP contribution in [0.2, 0.25) is 0 Å². The molecule has 0 fully saturated rings. The molecule has 1 heterocycles. The van der Waals surface area contributed by atoms with Gasteiger partial charge in [0.1, 0.15) is 6.04 Å². The molecule has 0 bridgehead atoms. The Morgan fingerprint density at radius 1 is 1.19 bits per heavy atom. The number of hydrogen-bond acceptors (Lipinski definition) is 4. The van der Waals surface area contributed by atoms with Crippen molar-refractivity contribution in [2.24, 2.45) is 5.73 Å². The fraction of sp³-hybridized carbons (Fsp3) is 0.250. The average Bonchev–Trinajstić information content (AvgIpc) is 2.54. The van der Waals surface area contributed by atoms with Crippen LogP contribution in [0.4, 0.5) is 0 Å². The van der Waals surface area contributed by atoms with Gasteiger partial charge in [-0.15, -0.1) is 0 Å². The number of amides is 1. The number of nitrogens with one attached hydrogen (secondary N) is 1. The highest BCUT2D eigenvalue weighted by Crippen LogP contribution is 2.18. The van der Waals surface area contributed by atoms with Crippen LogP contribution in [0.5, 0.6) is 0 Å². The van der Waals surface area contributed by atoms with Crippen LogP contribution < -0.4 is 11.1 Å². The van der Waals surface area contributed by atoms with E-state index >= 15 is 0 Å². The molecule has 1 aromatic heterocycles. The van der Waals surface area contributed by atoms with E-state index in [2.05, 4.69) is 10.3 Å². The molecule has 1 amide bonds. The molecule has 0 radical (unpaired) electrons. The van der Waals surface area contributed by atoms with Crippen LogP contribution in [0, 0.1) is 0 Å². The van der Waals surface area contributed by atoms with Crippen LogP contribution in [0.25, 0.3) is 11.1 Å². The summed E-state index contributed by atoms with van der Waals surface area (Å²) in [5, 5.41) is 2.79. The van der Waals surface area contributed by atoms with Crippen molar-refractivity contribution in [3.8, 4) is 11.1 Å². The van der Waals surface area contributed by atoms with E-state index in [9.17, 15) is 4.79 Å². The van der Waals surface area contributed by atoms with Crippen molar-refractivity contribution in [1.29, 1.82) is 0 Å². The Labute approximate surface area is 124 Å². The Hall–Kier alpha value is -2.24. The van der Waals surface area contributed by atoms with Crippen LogP contribution in [-0.4, -0.2) is 30.6 Å². The predicted octanol–water partition coefficient (Wildman–Crippen LogP) is 1.34. The standard InChI is InChI=1S/C16H19N3O2/c1-21-11-15(17)16(20)19-10-12-2-4-13(5-3-12)14-6-8-18-9-7-14/h2-9,15H,10-11,17H2,1H3,(H,19,20). The molecule has 0 spiro atoms. The maximum absolute atomic E-state index is 11.7. The molecule has 1 unspecified atom stereocenters. The van der Waals surface area contributed by atoms with E-state index in [1.165, 1.54) is 7.11 Å². The second kappa shape index (κ2) is 7.52. The largest absolute Gasteiger partial charge is 0.383 e. The predicted molar refractivity (Wildman–Crippen MR) is 81.4 cm³/mol. The van der Waals surface area contributed by atoms with Gasteiger partial charge in [0.2, 0.25) is 5.91 Å². The van der Waals surface area contributed by atoms with E-state index < -0.39 is 6.04 Å². The van der Waals surface area contributed by atoms with Crippen molar-refractivity contribution in [2.45, 2.75) is 12.6 Å². The first-order valence-corrected chi connectivity index (χ1v) is 6.72. The summed E-state index contributed by atoms with van der Waals surface area (Å²) in [5.41, 5.74) is 8.90. The molecule has 110 valence electrons. The minimum atomic E-state index is -0.633. The minimum Gasteiger partial charge on any atom is -0.383 e. The molecule has 3 N–H and O–H groups in total. The first-order valence-electron chi connectivity index (χ1n) is 6.72. The van der Waals surface area contributed by atoms with Gasteiger partial charge in [0.15, 0.2) is 0 Å². The van der Waals surface area contributed by atoms with Crippen LogP contribution in [0.3, 0.4) is 0 Å². The molecule has 1 atom stereocenters. The van der Waals surface area contributed by atoms with Crippen LogP contribution in [-0.2, 0) is 16.1 Å². The van der Waals surface area contributed by atoms with Gasteiger partial charge in [-0.05, 0) is 28.8 Å². The van der Waals surface area contributed by atoms with Crippen molar-refractivity contribution in [3.05, 3.63) is 54.4 Å². The number of nitrogens with zero attached hydrogens (tertiary/aromatic N) is 1. The lowest BCUT2D eigenvalue weighted by Crippen LogP contribution is -2.43. The minimum absolute atomic E-state index is 0.213. The van der Waals surface area contributed by atoms with E-state index in [0.717, 1.165) is 16.7 Å². The molecule has 2 aromatic rings. The van der Waals surface area contributed by atoms with Gasteiger partial charge < -0.3 is 15.8 Å². The number of nitrogens with two attached hydrogens (primary N) is 1. The Morgan fingerprint density at radius 3 is 2.43 bits per heavy atom. The molecule has 1 aromatic carbocycles. The Bertz CT molecular complexity index is 570. The molecule has 0 aliphatic carbocycles. The molecular formula is C16H19N3O2. The molecule has 2 rings (SSSR count). The maximum Gasteiger partial charge on any atom is 0.239 e. The smallest absolute Gasteiger partial charge is 0.239 e. The van der Waals surface area contributed by atoms with Gasteiger partial charge in [0.05, 0.1) is 6.61 Å². The van der Waals surface area contributed by atoms with Gasteiger partial charge in [-0.3, -0.25) is 9.78 Å². The molecule has 0 aliphatic rings. The van der Waals surface area contributed by atoms with E-state index in [-0.39, 0.29) is 12.5 Å². The number of hydrogen-bond donors (Lipinski definition) is 2. The highest BCUT2D eigenvalue weighted by molar-refractivity contribution is 5.81. The monoisotopic (exact) mass is 285 g/mol. The summed E-state index contributed by atoms with van der Waals surface area (Å²) in [6.07, 6.45) is 3.53. The second-order valence-corrected chi connectivity index (χ2v) is 4.71. The van der Waals surface area contributed by atoms with Gasteiger partial charge in [0.25, 0.3) is 0 Å². The number of ether oxygens (including phenoxy) is 1. The van der Waals surface area contributed by atoms with Gasteiger partial charge in [0, 0.05) is 26.0 Å². The zero-order chi connectivity index (χ0) is 15.1. The molecule has 5 heteroatoms. The first kappa shape index (κ1) is 15.2. The van der Waals surface area contributed by atoms with Crippen molar-refractivity contribution >= 4 is 5.91 Å². The molecule has 21 heavy (non-hydrogen) atoms. The number of methoxy groups -OCH3 is 1. The fourth-order valence-electron chi connectivity index (χ4n) is 1.93. The van der Waals surface area contributed by atoms with Gasteiger partial charge in [-0.1, -0.05) is 24.3 Å². The first-order chi connectivity index (χ1) is 10.2. The molecule has 0 saturated heterocycles. The number of rotatable bonds is 6. The van der Waals surface area contributed by atoms with Crippen molar-refractivity contribution < 1.29 is 9.53 Å². The highest BCUT2D eigenvalue weighted by atomic mass is 16.5. The fourth-order valence-corrected chi connectivity index (χ4v) is 1.93. The highest BCUT2D eigenvalue weighted by Gasteiger charge is 2.12. The van der Waals surface area contributed by atoms with E-state index in [1.807, 2.05) is 36.4 Å². The summed E-state index contributed by atoms with van der Waals surface area (Å²) in [6.45, 7) is 0.666. The summed E-state index contributed by atoms with van der Waals surface area (Å²) in [4.78, 5) is 15.7. The average molecular weight is 285 g/mol. The number of benzene rings is 1. The van der Waals surface area contributed by atoms with E-state index in [0.29, 0.717) is 6.54 Å². The third-order valence-corrected chi connectivity index (χ3v) is 3.12. The number of pyridine rings is 1. The molecule has 5 nitrogen and oxygen atoms in total. The Balaban J connectivity index is 1.93. The van der Waals surface area contributed by atoms with Crippen molar-refractivity contribution in [2.75, 3.05) is 13.7 Å². The zero-order valence-corrected chi connectivity index (χ0v) is 12.0. The number of carbonyl (C=O) groups excluding carboxylic acids is 1. The lowest BCUT2D eigenvalue weighted by atomic mass is 10.1. The summed E-state index contributed by atoms with van der Waals surface area (Å²) in [5.74, 6) is -0.213. The molecule has 0 saturated carbocycles.